The molecule has 0 spiro atoms. The van der Waals surface area contributed by atoms with Gasteiger partial charge in [0, 0.05) is 0 Å². The summed E-state index contributed by atoms with van der Waals surface area (Å²) in [7, 11) is 0. The predicted octanol–water partition coefficient (Wildman–Crippen LogP) is 1.56. The van der Waals surface area contributed by atoms with E-state index in [-0.39, 0.29) is 0 Å². The van der Waals surface area contributed by atoms with Crippen molar-refractivity contribution in [1.82, 2.24) is 5.32 Å². The van der Waals surface area contributed by atoms with E-state index in [1.807, 2.05) is 5.32 Å². The van der Waals surface area contributed by atoms with E-state index in [0.717, 1.165) is 0 Å². The van der Waals surface area contributed by atoms with Crippen molar-refractivity contribution in [2.75, 3.05) is 0 Å². The van der Waals surface area contributed by atoms with Crippen LogP contribution in [-0.2, 0) is 4.74 Å². The number of ether oxygens (including phenoxy) is 1. The molecule has 0 aromatic heterocycles. The first-order chi connectivity index (χ1) is 4.81. The van der Waals surface area contributed by atoms with Crippen molar-refractivity contribution in [2.24, 2.45) is 0 Å². The van der Waals surface area contributed by atoms with Crippen LogP contribution in [0.2, 0.25) is 0 Å². The molecular formula is C6H11NO3S. The number of amides is 2. The van der Waals surface area contributed by atoms with E-state index in [9.17, 15) is 9.59 Å². The highest BCUT2D eigenvalue weighted by Crippen LogP contribution is 2.06. The van der Waals surface area contributed by atoms with Crippen LogP contribution in [0.5, 0.6) is 0 Å². The molecule has 11 heavy (non-hydrogen) atoms. The van der Waals surface area contributed by atoms with E-state index in [2.05, 4.69) is 12.6 Å². The third-order valence-electron chi connectivity index (χ3n) is 0.608. The van der Waals surface area contributed by atoms with Gasteiger partial charge in [-0.05, 0) is 20.8 Å². The van der Waals surface area contributed by atoms with Crippen molar-refractivity contribution in [3.05, 3.63) is 0 Å². The molecule has 0 bridgehead atoms. The molecule has 64 valence electrons. The summed E-state index contributed by atoms with van der Waals surface area (Å²) in [5.74, 6) is 0. The number of hydrogen-bond donors (Lipinski definition) is 2. The molecule has 0 radical (unpaired) electrons. The highest BCUT2D eigenvalue weighted by Gasteiger charge is 2.16. The van der Waals surface area contributed by atoms with E-state index in [1.54, 1.807) is 20.8 Å². The van der Waals surface area contributed by atoms with E-state index in [0.29, 0.717) is 0 Å². The zero-order valence-corrected chi connectivity index (χ0v) is 7.57. The molecule has 0 aliphatic heterocycles. The first kappa shape index (κ1) is 10.3. The first-order valence-electron chi connectivity index (χ1n) is 3.04. The summed E-state index contributed by atoms with van der Waals surface area (Å²) in [4.78, 5) is 20.9. The summed E-state index contributed by atoms with van der Waals surface area (Å²) in [5, 5.41) is 1.14. The predicted molar refractivity (Wildman–Crippen MR) is 43.8 cm³/mol. The summed E-state index contributed by atoms with van der Waals surface area (Å²) >= 11 is 3.34. The number of imide groups is 1. The summed E-state index contributed by atoms with van der Waals surface area (Å²) in [6.07, 6.45) is -0.780. The number of nitrogens with one attached hydrogen (secondary N) is 1. The number of carbonyl (C=O) groups is 2. The first-order valence-corrected chi connectivity index (χ1v) is 3.49. The molecule has 4 nitrogen and oxygen atoms in total. The third-order valence-corrected chi connectivity index (χ3v) is 0.720. The second-order valence-corrected chi connectivity index (χ2v) is 3.34. The van der Waals surface area contributed by atoms with Gasteiger partial charge in [0.05, 0.1) is 0 Å². The van der Waals surface area contributed by atoms with Gasteiger partial charge in [0.2, 0.25) is 0 Å². The van der Waals surface area contributed by atoms with Crippen LogP contribution in [0.25, 0.3) is 0 Å². The minimum atomic E-state index is -0.780. The Bertz CT molecular complexity index is 173. The molecule has 0 saturated carbocycles. The average Bonchev–Trinajstić information content (AvgIpc) is 1.53. The van der Waals surface area contributed by atoms with Gasteiger partial charge in [-0.15, -0.1) is 0 Å². The lowest BCUT2D eigenvalue weighted by Gasteiger charge is -2.18. The van der Waals surface area contributed by atoms with Crippen molar-refractivity contribution in [2.45, 2.75) is 26.4 Å². The third kappa shape index (κ3) is 7.18. The van der Waals surface area contributed by atoms with E-state index < -0.39 is 16.9 Å². The fraction of sp³-hybridized carbons (Fsp3) is 0.667. The van der Waals surface area contributed by atoms with Crippen LogP contribution < -0.4 is 5.32 Å². The molecule has 1 N–H and O–H groups in total. The SMILES string of the molecule is CC(C)(C)OC(=O)NC(=O)S. The fourth-order valence-electron chi connectivity index (χ4n) is 0.391. The summed E-state index contributed by atoms with van der Waals surface area (Å²) in [5.41, 5.74) is -0.590. The van der Waals surface area contributed by atoms with Gasteiger partial charge in [0.15, 0.2) is 0 Å². The largest absolute Gasteiger partial charge is 0.444 e. The van der Waals surface area contributed by atoms with Crippen molar-refractivity contribution in [3.8, 4) is 0 Å². The Hall–Kier alpha value is -0.710. The van der Waals surface area contributed by atoms with Crippen molar-refractivity contribution in [1.29, 1.82) is 0 Å². The number of carbonyl (C=O) groups excluding carboxylic acids is 2. The van der Waals surface area contributed by atoms with E-state index in [4.69, 9.17) is 4.74 Å². The van der Waals surface area contributed by atoms with Gasteiger partial charge in [0.1, 0.15) is 5.60 Å². The zero-order valence-electron chi connectivity index (χ0n) is 6.67. The summed E-state index contributed by atoms with van der Waals surface area (Å²) in [6, 6.07) is 0. The van der Waals surface area contributed by atoms with E-state index in [1.165, 1.54) is 0 Å². The van der Waals surface area contributed by atoms with Gasteiger partial charge in [0.25, 0.3) is 5.24 Å². The van der Waals surface area contributed by atoms with Crippen LogP contribution in [0.3, 0.4) is 0 Å². The molecule has 0 aromatic rings. The zero-order chi connectivity index (χ0) is 9.07. The lowest BCUT2D eigenvalue weighted by molar-refractivity contribution is 0.0554. The number of hydrogen-bond acceptors (Lipinski definition) is 3. The fourth-order valence-corrected chi connectivity index (χ4v) is 0.482. The second kappa shape index (κ2) is 3.61. The van der Waals surface area contributed by atoms with Crippen LogP contribution in [0.15, 0.2) is 0 Å². The monoisotopic (exact) mass is 177 g/mol. The molecule has 2 amide bonds. The van der Waals surface area contributed by atoms with Gasteiger partial charge in [-0.25, -0.2) is 4.79 Å². The van der Waals surface area contributed by atoms with Crippen LogP contribution >= 0.6 is 12.6 Å². The molecule has 0 heterocycles. The van der Waals surface area contributed by atoms with Gasteiger partial charge in [-0.3, -0.25) is 10.1 Å². The van der Waals surface area contributed by atoms with E-state index >= 15 is 0 Å². The van der Waals surface area contributed by atoms with Gasteiger partial charge in [-0.1, -0.05) is 12.6 Å². The molecule has 0 aliphatic carbocycles. The lowest BCUT2D eigenvalue weighted by Crippen LogP contribution is -2.33. The lowest BCUT2D eigenvalue weighted by atomic mass is 10.2. The van der Waals surface area contributed by atoms with Crippen LogP contribution in [0.4, 0.5) is 9.59 Å². The molecule has 0 unspecified atom stereocenters. The van der Waals surface area contributed by atoms with Crippen molar-refractivity contribution < 1.29 is 14.3 Å². The second-order valence-electron chi connectivity index (χ2n) is 2.93. The molecule has 0 saturated heterocycles. The highest BCUT2D eigenvalue weighted by molar-refractivity contribution is 7.96. The number of thiol groups is 1. The Kier molecular flexibility index (Phi) is 3.38. The van der Waals surface area contributed by atoms with Gasteiger partial charge >= 0.3 is 6.09 Å². The molecule has 0 aliphatic rings. The van der Waals surface area contributed by atoms with Crippen molar-refractivity contribution in [3.63, 3.8) is 0 Å². The molecule has 5 heteroatoms. The Balaban J connectivity index is 3.80. The maximum atomic E-state index is 10.7. The Morgan fingerprint density at radius 3 is 2.09 bits per heavy atom. The standard InChI is InChI=1S/C6H11NO3S/c1-6(2,3)10-4(8)7-5(9)11/h1-3H3,(H2,7,8,9,11). The average molecular weight is 177 g/mol. The van der Waals surface area contributed by atoms with Gasteiger partial charge in [-0.2, -0.15) is 0 Å². The summed E-state index contributed by atoms with van der Waals surface area (Å²) in [6.45, 7) is 5.11. The molecule has 0 rings (SSSR count). The molecule has 0 atom stereocenters. The van der Waals surface area contributed by atoms with Crippen molar-refractivity contribution >= 4 is 24.0 Å². The minimum Gasteiger partial charge on any atom is -0.444 e. The van der Waals surface area contributed by atoms with Crippen LogP contribution in [0, 0.1) is 0 Å². The Labute approximate surface area is 70.7 Å². The number of alkyl carbamates (subject to hydrolysis) is 1. The Morgan fingerprint density at radius 2 is 1.82 bits per heavy atom. The molecular weight excluding hydrogens is 166 g/mol. The molecule has 0 fully saturated rings. The normalized spacial score (nSPS) is 10.5. The van der Waals surface area contributed by atoms with Gasteiger partial charge < -0.3 is 4.74 Å². The minimum absolute atomic E-state index is 0.590. The maximum Gasteiger partial charge on any atom is 0.415 e. The number of rotatable bonds is 0. The van der Waals surface area contributed by atoms with Crippen LogP contribution in [-0.4, -0.2) is 16.9 Å². The van der Waals surface area contributed by atoms with Crippen LogP contribution in [0.1, 0.15) is 20.8 Å². The topological polar surface area (TPSA) is 55.4 Å². The molecule has 0 aromatic carbocycles. The quantitative estimate of drug-likeness (QED) is 0.552. The summed E-state index contributed by atoms with van der Waals surface area (Å²) < 4.78 is 4.73. The maximum absolute atomic E-state index is 10.7. The smallest absolute Gasteiger partial charge is 0.415 e. The Morgan fingerprint density at radius 1 is 1.36 bits per heavy atom. The highest BCUT2D eigenvalue weighted by atomic mass is 32.1.